The summed E-state index contributed by atoms with van der Waals surface area (Å²) in [5.41, 5.74) is 0. The van der Waals surface area contributed by atoms with Gasteiger partial charge in [-0.2, -0.15) is 0 Å². The molecule has 0 amide bonds. The van der Waals surface area contributed by atoms with Gasteiger partial charge in [0.05, 0.1) is 0 Å². The Morgan fingerprint density at radius 3 is 2.91 bits per heavy atom. The Morgan fingerprint density at radius 2 is 2.55 bits per heavy atom. The van der Waals surface area contributed by atoms with E-state index in [2.05, 4.69) is 4.74 Å². The monoisotopic (exact) mass is 160 g/mol. The van der Waals surface area contributed by atoms with E-state index >= 15 is 0 Å². The third-order valence-electron chi connectivity index (χ3n) is 1.47. The van der Waals surface area contributed by atoms with Crippen LogP contribution in [0.25, 0.3) is 0 Å². The fourth-order valence-corrected chi connectivity index (χ4v) is 0.971. The number of halogens is 1. The van der Waals surface area contributed by atoms with Gasteiger partial charge in [0.1, 0.15) is 11.9 Å². The highest BCUT2D eigenvalue weighted by atomic mass is 19.1. The predicted octanol–water partition coefficient (Wildman–Crippen LogP) is 0.536. The van der Waals surface area contributed by atoms with Crippen molar-refractivity contribution >= 4 is 5.97 Å². The summed E-state index contributed by atoms with van der Waals surface area (Å²) in [7, 11) is 0. The molecule has 1 aliphatic rings. The Bertz CT molecular complexity index is 200. The van der Waals surface area contributed by atoms with Crippen LogP contribution in [0.1, 0.15) is 13.3 Å². The van der Waals surface area contributed by atoms with Crippen LogP contribution in [0.3, 0.4) is 0 Å². The maximum Gasteiger partial charge on any atom is 0.303 e. The van der Waals surface area contributed by atoms with Gasteiger partial charge in [-0.1, -0.05) is 0 Å². The summed E-state index contributed by atoms with van der Waals surface area (Å²) < 4.78 is 17.1. The lowest BCUT2D eigenvalue weighted by molar-refractivity contribution is -0.149. The van der Waals surface area contributed by atoms with Crippen molar-refractivity contribution in [2.24, 2.45) is 0 Å². The first-order valence-electron chi connectivity index (χ1n) is 3.32. The average Bonchev–Trinajstić information content (AvgIpc) is 2.18. The lowest BCUT2D eigenvalue weighted by atomic mass is 10.2. The summed E-state index contributed by atoms with van der Waals surface area (Å²) >= 11 is 0. The molecule has 1 rings (SSSR count). The topological polar surface area (TPSA) is 46.5 Å². The summed E-state index contributed by atoms with van der Waals surface area (Å²) in [6.07, 6.45) is -0.561. The number of hydrogen-bond acceptors (Lipinski definition) is 3. The minimum Gasteiger partial charge on any atom is -0.452 e. The molecule has 1 N–H and O–H groups in total. The molecular weight excluding hydrogens is 151 g/mol. The van der Waals surface area contributed by atoms with Gasteiger partial charge in [0.2, 0.25) is 0 Å². The van der Waals surface area contributed by atoms with Crippen molar-refractivity contribution in [3.63, 3.8) is 0 Å². The normalized spacial score (nSPS) is 29.9. The molecule has 0 aromatic carbocycles. The molecule has 0 bridgehead atoms. The molecule has 0 aliphatic heterocycles. The number of aliphatic hydroxyl groups excluding tert-OH is 1. The molecule has 0 unspecified atom stereocenters. The van der Waals surface area contributed by atoms with E-state index in [4.69, 9.17) is 5.11 Å². The van der Waals surface area contributed by atoms with Crippen LogP contribution >= 0.6 is 0 Å². The van der Waals surface area contributed by atoms with Crippen LogP contribution in [-0.2, 0) is 9.53 Å². The second-order valence-corrected chi connectivity index (χ2v) is 2.42. The van der Waals surface area contributed by atoms with Gasteiger partial charge in [-0.15, -0.1) is 0 Å². The van der Waals surface area contributed by atoms with Crippen molar-refractivity contribution in [3.05, 3.63) is 11.9 Å². The lowest BCUT2D eigenvalue weighted by Crippen LogP contribution is -2.26. The molecule has 62 valence electrons. The zero-order chi connectivity index (χ0) is 8.43. The zero-order valence-electron chi connectivity index (χ0n) is 6.08. The third-order valence-corrected chi connectivity index (χ3v) is 1.47. The number of hydrogen-bond donors (Lipinski definition) is 1. The predicted molar refractivity (Wildman–Crippen MR) is 35.4 cm³/mol. The Morgan fingerprint density at radius 1 is 1.91 bits per heavy atom. The number of carbonyl (C=O) groups is 1. The first kappa shape index (κ1) is 8.20. The van der Waals surface area contributed by atoms with E-state index in [0.29, 0.717) is 0 Å². The van der Waals surface area contributed by atoms with Crippen molar-refractivity contribution in [3.8, 4) is 0 Å². The maximum absolute atomic E-state index is 12.6. The number of esters is 1. The molecule has 11 heavy (non-hydrogen) atoms. The molecule has 1 aliphatic carbocycles. The summed E-state index contributed by atoms with van der Waals surface area (Å²) in [6, 6.07) is 0. The minimum atomic E-state index is -1.08. The third kappa shape index (κ3) is 1.77. The molecule has 0 aromatic rings. The minimum absolute atomic E-state index is 0.212. The molecule has 0 saturated carbocycles. The molecule has 4 heteroatoms. The maximum atomic E-state index is 12.6. The van der Waals surface area contributed by atoms with Crippen LogP contribution in [-0.4, -0.2) is 23.3 Å². The first-order chi connectivity index (χ1) is 5.11. The largest absolute Gasteiger partial charge is 0.452 e. The van der Waals surface area contributed by atoms with E-state index in [9.17, 15) is 9.18 Å². The van der Waals surface area contributed by atoms with Gasteiger partial charge < -0.3 is 9.84 Å². The number of ether oxygens (including phenoxy) is 1. The van der Waals surface area contributed by atoms with E-state index in [1.807, 2.05) is 0 Å². The standard InChI is InChI=1S/C7H9FO3/c1-4(9)11-7-5(8)2-3-6(7)10/h2,6-7,10H,3H2,1H3/t6-,7+/m1/s1. The van der Waals surface area contributed by atoms with Crippen LogP contribution in [0.2, 0.25) is 0 Å². The fraction of sp³-hybridized carbons (Fsp3) is 0.571. The van der Waals surface area contributed by atoms with E-state index in [1.54, 1.807) is 0 Å². The smallest absolute Gasteiger partial charge is 0.303 e. The van der Waals surface area contributed by atoms with Gasteiger partial charge >= 0.3 is 5.97 Å². The molecule has 0 saturated heterocycles. The summed E-state index contributed by atoms with van der Waals surface area (Å²) in [5, 5.41) is 9.04. The lowest BCUT2D eigenvalue weighted by Gasteiger charge is -2.13. The van der Waals surface area contributed by atoms with Crippen molar-refractivity contribution in [1.29, 1.82) is 0 Å². The highest BCUT2D eigenvalue weighted by Crippen LogP contribution is 2.23. The second kappa shape index (κ2) is 3.00. The molecule has 0 radical (unpaired) electrons. The molecule has 0 heterocycles. The number of aliphatic hydroxyl groups is 1. The van der Waals surface area contributed by atoms with E-state index in [0.717, 1.165) is 0 Å². The summed E-state index contributed by atoms with van der Waals surface area (Å²) in [6.45, 7) is 1.18. The molecular formula is C7H9FO3. The van der Waals surface area contributed by atoms with Gasteiger partial charge in [0.25, 0.3) is 0 Å². The van der Waals surface area contributed by atoms with Crippen molar-refractivity contribution in [2.45, 2.75) is 25.6 Å². The molecule has 0 spiro atoms. The van der Waals surface area contributed by atoms with Crippen LogP contribution in [0.5, 0.6) is 0 Å². The van der Waals surface area contributed by atoms with Gasteiger partial charge in [-0.05, 0) is 12.5 Å². The first-order valence-corrected chi connectivity index (χ1v) is 3.32. The van der Waals surface area contributed by atoms with Gasteiger partial charge in [0.15, 0.2) is 6.10 Å². The molecule has 2 atom stereocenters. The molecule has 0 aromatic heterocycles. The van der Waals surface area contributed by atoms with Gasteiger partial charge in [0, 0.05) is 6.92 Å². The SMILES string of the molecule is CC(=O)O[C@H]1C(F)=CC[C@H]1O. The van der Waals surface area contributed by atoms with E-state index in [-0.39, 0.29) is 6.42 Å². The van der Waals surface area contributed by atoms with E-state index in [1.165, 1.54) is 13.0 Å². The Kier molecular flexibility index (Phi) is 2.24. The van der Waals surface area contributed by atoms with Crippen LogP contribution in [0.15, 0.2) is 11.9 Å². The van der Waals surface area contributed by atoms with Crippen LogP contribution in [0, 0.1) is 0 Å². The van der Waals surface area contributed by atoms with E-state index < -0.39 is 24.0 Å². The summed E-state index contributed by atoms with van der Waals surface area (Å²) in [4.78, 5) is 10.4. The molecule has 3 nitrogen and oxygen atoms in total. The quantitative estimate of drug-likeness (QED) is 0.569. The number of rotatable bonds is 1. The molecule has 0 fully saturated rings. The highest BCUT2D eigenvalue weighted by molar-refractivity contribution is 5.66. The average molecular weight is 160 g/mol. The van der Waals surface area contributed by atoms with Gasteiger partial charge in [-0.3, -0.25) is 4.79 Å². The van der Waals surface area contributed by atoms with Crippen LogP contribution in [0.4, 0.5) is 4.39 Å². The van der Waals surface area contributed by atoms with Crippen molar-refractivity contribution < 1.29 is 19.0 Å². The van der Waals surface area contributed by atoms with Crippen LogP contribution < -0.4 is 0 Å². The Hall–Kier alpha value is -0.900. The fourth-order valence-electron chi connectivity index (χ4n) is 0.971. The van der Waals surface area contributed by atoms with Crippen molar-refractivity contribution in [2.75, 3.05) is 0 Å². The number of carbonyl (C=O) groups excluding carboxylic acids is 1. The second-order valence-electron chi connectivity index (χ2n) is 2.42. The summed E-state index contributed by atoms with van der Waals surface area (Å²) in [5.74, 6) is -1.15. The van der Waals surface area contributed by atoms with Crippen molar-refractivity contribution in [1.82, 2.24) is 0 Å². The van der Waals surface area contributed by atoms with Gasteiger partial charge in [-0.25, -0.2) is 4.39 Å². The zero-order valence-corrected chi connectivity index (χ0v) is 6.08. The Labute approximate surface area is 63.5 Å². The Balaban J connectivity index is 2.56. The highest BCUT2D eigenvalue weighted by Gasteiger charge is 2.31.